The lowest BCUT2D eigenvalue weighted by atomic mass is 9.93. The minimum Gasteiger partial charge on any atom is -0.381 e. The predicted octanol–water partition coefficient (Wildman–Crippen LogP) is 0.313. The van der Waals surface area contributed by atoms with E-state index in [1.54, 1.807) is 0 Å². The topological polar surface area (TPSA) is 73.6 Å². The molecule has 0 bridgehead atoms. The van der Waals surface area contributed by atoms with E-state index in [4.69, 9.17) is 15.2 Å². The van der Waals surface area contributed by atoms with Crippen LogP contribution < -0.4 is 11.1 Å². The Balaban J connectivity index is 0.00000256. The molecule has 2 atom stereocenters. The quantitative estimate of drug-likeness (QED) is 0.751. The second-order valence-corrected chi connectivity index (χ2v) is 4.21. The van der Waals surface area contributed by atoms with Crippen LogP contribution in [0.3, 0.4) is 0 Å². The van der Waals surface area contributed by atoms with Crippen molar-refractivity contribution in [2.75, 3.05) is 26.9 Å². The van der Waals surface area contributed by atoms with E-state index < -0.39 is 6.10 Å². The highest BCUT2D eigenvalue weighted by Gasteiger charge is 2.24. The minimum absolute atomic E-state index is 0. The first-order chi connectivity index (χ1) is 7.69. The van der Waals surface area contributed by atoms with Gasteiger partial charge in [0.25, 0.3) is 5.91 Å². The summed E-state index contributed by atoms with van der Waals surface area (Å²) in [5.41, 5.74) is 5.43. The van der Waals surface area contributed by atoms with Crippen LogP contribution in [-0.4, -0.2) is 44.9 Å². The maximum Gasteiger partial charge on any atom is 0.250 e. The van der Waals surface area contributed by atoms with Crippen molar-refractivity contribution in [3.8, 4) is 0 Å². The SMILES string of the molecule is COC(CN)C(=O)NC(C)C1CCOCC1.Cl. The lowest BCUT2D eigenvalue weighted by Crippen LogP contribution is -2.47. The molecule has 0 saturated carbocycles. The molecule has 0 aromatic heterocycles. The van der Waals surface area contributed by atoms with E-state index in [2.05, 4.69) is 5.32 Å². The molecule has 17 heavy (non-hydrogen) atoms. The summed E-state index contributed by atoms with van der Waals surface area (Å²) in [7, 11) is 1.50. The van der Waals surface area contributed by atoms with Crippen molar-refractivity contribution in [3.05, 3.63) is 0 Å². The van der Waals surface area contributed by atoms with Crippen LogP contribution in [0.15, 0.2) is 0 Å². The van der Waals surface area contributed by atoms with Crippen LogP contribution >= 0.6 is 12.4 Å². The van der Waals surface area contributed by atoms with Crippen LogP contribution in [0, 0.1) is 5.92 Å². The Kier molecular flexibility index (Phi) is 8.51. The van der Waals surface area contributed by atoms with Crippen LogP contribution in [0.4, 0.5) is 0 Å². The van der Waals surface area contributed by atoms with Gasteiger partial charge in [-0.15, -0.1) is 12.4 Å². The molecule has 1 rings (SSSR count). The fourth-order valence-electron chi connectivity index (χ4n) is 1.96. The number of rotatable bonds is 5. The summed E-state index contributed by atoms with van der Waals surface area (Å²) in [5.74, 6) is 0.372. The maximum absolute atomic E-state index is 11.7. The van der Waals surface area contributed by atoms with Gasteiger partial charge >= 0.3 is 0 Å². The molecule has 1 amide bonds. The third-order valence-electron chi connectivity index (χ3n) is 3.13. The third kappa shape index (κ3) is 5.21. The van der Waals surface area contributed by atoms with Gasteiger partial charge in [0.2, 0.25) is 0 Å². The number of hydrogen-bond donors (Lipinski definition) is 2. The zero-order chi connectivity index (χ0) is 12.0. The molecule has 1 aliphatic rings. The number of hydrogen-bond acceptors (Lipinski definition) is 4. The minimum atomic E-state index is -0.540. The Morgan fingerprint density at radius 1 is 1.53 bits per heavy atom. The number of methoxy groups -OCH3 is 1. The van der Waals surface area contributed by atoms with Crippen LogP contribution in [0.1, 0.15) is 19.8 Å². The van der Waals surface area contributed by atoms with E-state index in [0.29, 0.717) is 5.92 Å². The Labute approximate surface area is 109 Å². The lowest BCUT2D eigenvalue weighted by Gasteiger charge is -2.29. The summed E-state index contributed by atoms with van der Waals surface area (Å²) < 4.78 is 10.3. The van der Waals surface area contributed by atoms with Crippen LogP contribution in [0.2, 0.25) is 0 Å². The highest BCUT2D eigenvalue weighted by Crippen LogP contribution is 2.18. The number of nitrogens with one attached hydrogen (secondary N) is 1. The van der Waals surface area contributed by atoms with Gasteiger partial charge in [0.05, 0.1) is 0 Å². The molecule has 102 valence electrons. The summed E-state index contributed by atoms with van der Waals surface area (Å²) >= 11 is 0. The molecule has 0 aliphatic carbocycles. The lowest BCUT2D eigenvalue weighted by molar-refractivity contribution is -0.131. The molecule has 1 fully saturated rings. The molecule has 6 heteroatoms. The Bertz CT molecular complexity index is 219. The first-order valence-electron chi connectivity index (χ1n) is 5.80. The van der Waals surface area contributed by atoms with Gasteiger partial charge in [-0.1, -0.05) is 0 Å². The van der Waals surface area contributed by atoms with Crippen molar-refractivity contribution in [1.29, 1.82) is 0 Å². The van der Waals surface area contributed by atoms with E-state index >= 15 is 0 Å². The Morgan fingerprint density at radius 2 is 2.12 bits per heavy atom. The predicted molar refractivity (Wildman–Crippen MR) is 68.2 cm³/mol. The average Bonchev–Trinajstić information content (AvgIpc) is 2.31. The van der Waals surface area contributed by atoms with Crippen molar-refractivity contribution in [2.45, 2.75) is 31.9 Å². The van der Waals surface area contributed by atoms with Crippen LogP contribution in [-0.2, 0) is 14.3 Å². The normalized spacial score (nSPS) is 20.2. The van der Waals surface area contributed by atoms with Gasteiger partial charge in [-0.05, 0) is 25.7 Å². The van der Waals surface area contributed by atoms with E-state index in [0.717, 1.165) is 26.1 Å². The second-order valence-electron chi connectivity index (χ2n) is 4.21. The van der Waals surface area contributed by atoms with Gasteiger partial charge in [-0.2, -0.15) is 0 Å². The number of carbonyl (C=O) groups is 1. The largest absolute Gasteiger partial charge is 0.381 e. The summed E-state index contributed by atoms with van der Waals surface area (Å²) in [6.07, 6.45) is 1.46. The third-order valence-corrected chi connectivity index (χ3v) is 3.13. The molecule has 5 nitrogen and oxygen atoms in total. The molecule has 1 aliphatic heterocycles. The van der Waals surface area contributed by atoms with Crippen molar-refractivity contribution in [3.63, 3.8) is 0 Å². The van der Waals surface area contributed by atoms with Crippen LogP contribution in [0.25, 0.3) is 0 Å². The van der Waals surface area contributed by atoms with E-state index in [-0.39, 0.29) is 30.9 Å². The number of ether oxygens (including phenoxy) is 2. The molecule has 2 unspecified atom stereocenters. The molecule has 0 radical (unpaired) electrons. The first kappa shape index (κ1) is 16.6. The van der Waals surface area contributed by atoms with Crippen molar-refractivity contribution in [2.24, 2.45) is 11.7 Å². The van der Waals surface area contributed by atoms with Crippen molar-refractivity contribution >= 4 is 18.3 Å². The van der Waals surface area contributed by atoms with Gasteiger partial charge in [0.15, 0.2) is 0 Å². The van der Waals surface area contributed by atoms with Crippen LogP contribution in [0.5, 0.6) is 0 Å². The fourth-order valence-corrected chi connectivity index (χ4v) is 1.96. The number of halogens is 1. The van der Waals surface area contributed by atoms with Gasteiger partial charge in [0, 0.05) is 32.9 Å². The molecule has 0 aromatic carbocycles. The molecular formula is C11H23ClN2O3. The maximum atomic E-state index is 11.7. The number of amides is 1. The number of nitrogens with two attached hydrogens (primary N) is 1. The highest BCUT2D eigenvalue weighted by atomic mass is 35.5. The summed E-state index contributed by atoms with van der Waals surface area (Å²) in [6.45, 7) is 3.81. The average molecular weight is 267 g/mol. The molecule has 1 saturated heterocycles. The van der Waals surface area contributed by atoms with E-state index in [9.17, 15) is 4.79 Å². The van der Waals surface area contributed by atoms with Gasteiger partial charge in [-0.3, -0.25) is 4.79 Å². The molecule has 3 N–H and O–H groups in total. The van der Waals surface area contributed by atoms with Gasteiger partial charge in [0.1, 0.15) is 6.10 Å². The monoisotopic (exact) mass is 266 g/mol. The summed E-state index contributed by atoms with van der Waals surface area (Å²) in [4.78, 5) is 11.7. The Hall–Kier alpha value is -0.360. The number of carbonyl (C=O) groups excluding carboxylic acids is 1. The van der Waals surface area contributed by atoms with Gasteiger partial charge in [-0.25, -0.2) is 0 Å². The standard InChI is InChI=1S/C11H22N2O3.ClH/c1-8(9-3-5-16-6-4-9)13-11(14)10(7-12)15-2;/h8-10H,3-7,12H2,1-2H3,(H,13,14);1H. The van der Waals surface area contributed by atoms with Gasteiger partial charge < -0.3 is 20.5 Å². The zero-order valence-electron chi connectivity index (χ0n) is 10.5. The molecule has 0 aromatic rings. The zero-order valence-corrected chi connectivity index (χ0v) is 11.3. The summed E-state index contributed by atoms with van der Waals surface area (Å²) in [6, 6.07) is 0.153. The highest BCUT2D eigenvalue weighted by molar-refractivity contribution is 5.85. The van der Waals surface area contributed by atoms with E-state index in [1.165, 1.54) is 7.11 Å². The van der Waals surface area contributed by atoms with E-state index in [1.807, 2.05) is 6.92 Å². The molecular weight excluding hydrogens is 244 g/mol. The second kappa shape index (κ2) is 8.69. The smallest absolute Gasteiger partial charge is 0.250 e. The first-order valence-corrected chi connectivity index (χ1v) is 5.80. The van der Waals surface area contributed by atoms with Crippen molar-refractivity contribution < 1.29 is 14.3 Å². The Morgan fingerprint density at radius 3 is 2.59 bits per heavy atom. The van der Waals surface area contributed by atoms with Crippen molar-refractivity contribution in [1.82, 2.24) is 5.32 Å². The summed E-state index contributed by atoms with van der Waals surface area (Å²) in [5, 5.41) is 2.95. The molecule has 1 heterocycles. The molecule has 0 spiro atoms. The fraction of sp³-hybridized carbons (Fsp3) is 0.909.